The molecule has 26 heavy (non-hydrogen) atoms. The first-order valence-electron chi connectivity index (χ1n) is 8.09. The minimum Gasteiger partial charge on any atom is -0.473 e. The molecule has 0 radical (unpaired) electrons. The van der Waals surface area contributed by atoms with Crippen LogP contribution < -0.4 is 10.5 Å². The van der Waals surface area contributed by atoms with Crippen molar-refractivity contribution in [3.63, 3.8) is 0 Å². The Bertz CT molecular complexity index is 984. The van der Waals surface area contributed by atoms with Crippen LogP contribution in [0.5, 0.6) is 5.88 Å². The van der Waals surface area contributed by atoms with Gasteiger partial charge in [0.15, 0.2) is 5.76 Å². The highest BCUT2D eigenvalue weighted by molar-refractivity contribution is 5.78. The van der Waals surface area contributed by atoms with E-state index in [0.717, 1.165) is 16.7 Å². The van der Waals surface area contributed by atoms with Gasteiger partial charge in [0.2, 0.25) is 11.8 Å². The molecule has 3 heterocycles. The first-order chi connectivity index (χ1) is 12.8. The highest BCUT2D eigenvalue weighted by Gasteiger charge is 2.13. The Balaban J connectivity index is 1.58. The number of rotatable bonds is 5. The maximum absolute atomic E-state index is 5.73. The third kappa shape index (κ3) is 3.39. The lowest BCUT2D eigenvalue weighted by Crippen LogP contribution is -1.99. The van der Waals surface area contributed by atoms with E-state index < -0.39 is 0 Å². The van der Waals surface area contributed by atoms with Crippen molar-refractivity contribution < 1.29 is 9.15 Å². The van der Waals surface area contributed by atoms with Gasteiger partial charge in [-0.1, -0.05) is 30.3 Å². The molecule has 6 heteroatoms. The summed E-state index contributed by atoms with van der Waals surface area (Å²) in [6, 6.07) is 17.3. The summed E-state index contributed by atoms with van der Waals surface area (Å²) in [5.74, 6) is 1.36. The van der Waals surface area contributed by atoms with Gasteiger partial charge in [0.25, 0.3) is 0 Å². The standard InChI is InChI=1S/C20H16N4O2/c21-20-23-12-16(19(24-20)17-7-4-10-25-17)15-8-9-18(22-11-15)26-13-14-5-2-1-3-6-14/h1-12H,13H2,(H2,21,23,24). The molecule has 0 aliphatic heterocycles. The number of hydrogen-bond donors (Lipinski definition) is 1. The maximum Gasteiger partial charge on any atom is 0.220 e. The van der Waals surface area contributed by atoms with Crippen molar-refractivity contribution in [2.45, 2.75) is 6.61 Å². The molecule has 3 aromatic heterocycles. The smallest absolute Gasteiger partial charge is 0.220 e. The largest absolute Gasteiger partial charge is 0.473 e. The van der Waals surface area contributed by atoms with Gasteiger partial charge in [0.1, 0.15) is 12.3 Å². The Morgan fingerprint density at radius 3 is 2.54 bits per heavy atom. The van der Waals surface area contributed by atoms with Crippen LogP contribution in [0.1, 0.15) is 5.56 Å². The van der Waals surface area contributed by atoms with Gasteiger partial charge in [-0.05, 0) is 23.8 Å². The minimum absolute atomic E-state index is 0.191. The lowest BCUT2D eigenvalue weighted by Gasteiger charge is -2.09. The summed E-state index contributed by atoms with van der Waals surface area (Å²) < 4.78 is 11.2. The number of ether oxygens (including phenoxy) is 1. The van der Waals surface area contributed by atoms with Crippen LogP contribution in [0.4, 0.5) is 5.95 Å². The fourth-order valence-electron chi connectivity index (χ4n) is 2.56. The molecule has 1 aromatic carbocycles. The van der Waals surface area contributed by atoms with Crippen LogP contribution in [0.3, 0.4) is 0 Å². The maximum atomic E-state index is 5.73. The normalized spacial score (nSPS) is 10.6. The number of furan rings is 1. The van der Waals surface area contributed by atoms with Gasteiger partial charge < -0.3 is 14.9 Å². The van der Waals surface area contributed by atoms with Crippen LogP contribution in [-0.2, 0) is 6.61 Å². The summed E-state index contributed by atoms with van der Waals surface area (Å²) in [4.78, 5) is 12.8. The van der Waals surface area contributed by atoms with Crippen LogP contribution in [0.15, 0.2) is 77.7 Å². The number of benzene rings is 1. The van der Waals surface area contributed by atoms with E-state index in [1.807, 2.05) is 48.5 Å². The molecule has 0 saturated heterocycles. The van der Waals surface area contributed by atoms with E-state index in [2.05, 4.69) is 15.0 Å². The van der Waals surface area contributed by atoms with Crippen molar-refractivity contribution >= 4 is 5.95 Å². The minimum atomic E-state index is 0.191. The molecule has 0 unspecified atom stereocenters. The number of nitrogens with two attached hydrogens (primary N) is 1. The van der Waals surface area contributed by atoms with Crippen molar-refractivity contribution in [2.75, 3.05) is 5.73 Å². The van der Waals surface area contributed by atoms with Crippen LogP contribution in [0.25, 0.3) is 22.6 Å². The van der Waals surface area contributed by atoms with Crippen molar-refractivity contribution in [2.24, 2.45) is 0 Å². The summed E-state index contributed by atoms with van der Waals surface area (Å²) in [6.07, 6.45) is 4.99. The first kappa shape index (κ1) is 15.8. The molecule has 2 N–H and O–H groups in total. The second-order valence-corrected chi connectivity index (χ2v) is 5.63. The summed E-state index contributed by atoms with van der Waals surface area (Å²) in [5, 5.41) is 0. The predicted octanol–water partition coefficient (Wildman–Crippen LogP) is 3.96. The molecule has 4 aromatic rings. The van der Waals surface area contributed by atoms with E-state index >= 15 is 0 Å². The molecule has 0 amide bonds. The number of anilines is 1. The number of aromatic nitrogens is 3. The number of hydrogen-bond acceptors (Lipinski definition) is 6. The highest BCUT2D eigenvalue weighted by atomic mass is 16.5. The second-order valence-electron chi connectivity index (χ2n) is 5.63. The molecule has 0 aliphatic rings. The fourth-order valence-corrected chi connectivity index (χ4v) is 2.56. The van der Waals surface area contributed by atoms with Crippen LogP contribution in [0, 0.1) is 0 Å². The average Bonchev–Trinajstić information content (AvgIpc) is 3.22. The molecule has 0 atom stereocenters. The zero-order valence-electron chi connectivity index (χ0n) is 13.9. The van der Waals surface area contributed by atoms with E-state index in [9.17, 15) is 0 Å². The van der Waals surface area contributed by atoms with Gasteiger partial charge in [-0.15, -0.1) is 0 Å². The molecule has 0 saturated carbocycles. The number of nitrogens with zero attached hydrogens (tertiary/aromatic N) is 3. The van der Waals surface area contributed by atoms with Crippen LogP contribution >= 0.6 is 0 Å². The third-order valence-corrected chi connectivity index (χ3v) is 3.84. The van der Waals surface area contributed by atoms with Gasteiger partial charge in [-0.25, -0.2) is 15.0 Å². The topological polar surface area (TPSA) is 87.1 Å². The molecular weight excluding hydrogens is 328 g/mol. The molecule has 0 spiro atoms. The van der Waals surface area contributed by atoms with Gasteiger partial charge in [-0.2, -0.15) is 0 Å². The van der Waals surface area contributed by atoms with Gasteiger partial charge in [0, 0.05) is 29.6 Å². The predicted molar refractivity (Wildman–Crippen MR) is 98.2 cm³/mol. The monoisotopic (exact) mass is 344 g/mol. The van der Waals surface area contributed by atoms with Gasteiger partial charge >= 0.3 is 0 Å². The lowest BCUT2D eigenvalue weighted by molar-refractivity contribution is 0.294. The van der Waals surface area contributed by atoms with Crippen LogP contribution in [0.2, 0.25) is 0 Å². The Kier molecular flexibility index (Phi) is 4.30. The molecule has 6 nitrogen and oxygen atoms in total. The summed E-state index contributed by atoms with van der Waals surface area (Å²) in [7, 11) is 0. The van der Waals surface area contributed by atoms with E-state index in [1.54, 1.807) is 24.7 Å². The van der Waals surface area contributed by atoms with E-state index in [1.165, 1.54) is 0 Å². The summed E-state index contributed by atoms with van der Waals surface area (Å²) >= 11 is 0. The van der Waals surface area contributed by atoms with Crippen LogP contribution in [-0.4, -0.2) is 15.0 Å². The molecule has 0 fully saturated rings. The van der Waals surface area contributed by atoms with E-state index in [4.69, 9.17) is 14.9 Å². The molecule has 0 bridgehead atoms. The fraction of sp³-hybridized carbons (Fsp3) is 0.0500. The lowest BCUT2D eigenvalue weighted by atomic mass is 10.1. The number of pyridine rings is 1. The zero-order valence-corrected chi connectivity index (χ0v) is 13.9. The van der Waals surface area contributed by atoms with E-state index in [-0.39, 0.29) is 5.95 Å². The highest BCUT2D eigenvalue weighted by Crippen LogP contribution is 2.31. The molecule has 128 valence electrons. The molecule has 4 rings (SSSR count). The van der Waals surface area contributed by atoms with Crippen molar-refractivity contribution in [3.05, 3.63) is 78.8 Å². The summed E-state index contributed by atoms with van der Waals surface area (Å²) in [6.45, 7) is 0.468. The molecule has 0 aliphatic carbocycles. The first-order valence-corrected chi connectivity index (χ1v) is 8.09. The van der Waals surface area contributed by atoms with Crippen molar-refractivity contribution in [1.29, 1.82) is 0 Å². The van der Waals surface area contributed by atoms with Gasteiger partial charge in [0.05, 0.1) is 6.26 Å². The Labute approximate surface area is 150 Å². The quantitative estimate of drug-likeness (QED) is 0.590. The average molecular weight is 344 g/mol. The second kappa shape index (κ2) is 7.06. The molecular formula is C20H16N4O2. The van der Waals surface area contributed by atoms with Crippen molar-refractivity contribution in [1.82, 2.24) is 15.0 Å². The summed E-state index contributed by atoms with van der Waals surface area (Å²) in [5.41, 5.74) is 9.09. The van der Waals surface area contributed by atoms with Crippen molar-refractivity contribution in [3.8, 4) is 28.5 Å². The van der Waals surface area contributed by atoms with Gasteiger partial charge in [-0.3, -0.25) is 0 Å². The Morgan fingerprint density at radius 1 is 0.923 bits per heavy atom. The Morgan fingerprint density at radius 2 is 1.81 bits per heavy atom. The number of nitrogen functional groups attached to an aromatic ring is 1. The van der Waals surface area contributed by atoms with E-state index in [0.29, 0.717) is 23.9 Å². The SMILES string of the molecule is Nc1ncc(-c2ccc(OCc3ccccc3)nc2)c(-c2ccco2)n1. The third-order valence-electron chi connectivity index (χ3n) is 3.84. The zero-order chi connectivity index (χ0) is 17.8. The Hall–Kier alpha value is -3.67.